The molecule has 2 aliphatic rings. The molecule has 3 heteroatoms. The average molecular weight is 724 g/mol. The van der Waals surface area contributed by atoms with Crippen molar-refractivity contribution in [1.29, 1.82) is 0 Å². The highest BCUT2D eigenvalue weighted by Crippen LogP contribution is 2.64. The average Bonchev–Trinajstić information content (AvgIpc) is 3.77. The van der Waals surface area contributed by atoms with Crippen molar-refractivity contribution in [3.05, 3.63) is 222 Å². The van der Waals surface area contributed by atoms with E-state index in [1.165, 1.54) is 55.3 Å². The lowest BCUT2D eigenvalue weighted by Crippen LogP contribution is -2.25. The summed E-state index contributed by atoms with van der Waals surface area (Å²) in [7, 11) is 0. The Kier molecular flexibility index (Phi) is 6.84. The van der Waals surface area contributed by atoms with Gasteiger partial charge in [-0.1, -0.05) is 188 Å². The van der Waals surface area contributed by atoms with Crippen molar-refractivity contribution in [3.8, 4) is 67.4 Å². The first-order valence-electron chi connectivity index (χ1n) is 19.5. The van der Waals surface area contributed by atoms with Gasteiger partial charge < -0.3 is 0 Å². The third-order valence-corrected chi connectivity index (χ3v) is 12.1. The Hall–Kier alpha value is -7.49. The van der Waals surface area contributed by atoms with Crippen molar-refractivity contribution in [2.24, 2.45) is 0 Å². The number of nitrogens with zero attached hydrogens (tertiary/aromatic N) is 3. The molecule has 0 saturated carbocycles. The van der Waals surface area contributed by atoms with Gasteiger partial charge in [-0.25, -0.2) is 15.0 Å². The van der Waals surface area contributed by atoms with Crippen LogP contribution in [0.5, 0.6) is 0 Å². The third-order valence-electron chi connectivity index (χ3n) is 12.1. The number of hydrogen-bond acceptors (Lipinski definition) is 3. The molecule has 0 N–H and O–H groups in total. The second-order valence-corrected chi connectivity index (χ2v) is 15.0. The summed E-state index contributed by atoms with van der Waals surface area (Å²) in [5.41, 5.74) is 18.0. The lowest BCUT2D eigenvalue weighted by atomic mass is 9.70. The van der Waals surface area contributed by atoms with E-state index in [1.54, 1.807) is 0 Å². The van der Waals surface area contributed by atoms with E-state index in [0.717, 1.165) is 50.2 Å². The summed E-state index contributed by atoms with van der Waals surface area (Å²) in [6, 6.07) is 71.8. The Morgan fingerprint density at radius 1 is 0.333 bits per heavy atom. The summed E-state index contributed by atoms with van der Waals surface area (Å²) >= 11 is 0. The summed E-state index contributed by atoms with van der Waals surface area (Å²) in [6.45, 7) is 0. The highest BCUT2D eigenvalue weighted by atomic mass is 14.9. The third kappa shape index (κ3) is 4.57. The number of rotatable bonds is 4. The standard InChI is InChI=1S/C54H33N3/c1-3-15-34(16-4-1)48-33-49(57-53(56-48)37-17-5-2-6-18-37)35-27-29-36(30-28-35)52-42-31-32-46-51(50(42)41-22-10-14-26-47(41)55-52)40-21-9-13-25-45(40)54(46)43-23-11-7-19-38(43)39-20-8-12-24-44(39)54/h1-33H. The second-order valence-electron chi connectivity index (χ2n) is 15.0. The molecule has 0 amide bonds. The fraction of sp³-hybridized carbons (Fsp3) is 0.0185. The number of fused-ring (bicyclic) bond motifs is 14. The number of benzene rings is 8. The van der Waals surface area contributed by atoms with Crippen LogP contribution < -0.4 is 0 Å². The van der Waals surface area contributed by atoms with Gasteiger partial charge in [0.1, 0.15) is 0 Å². The minimum Gasteiger partial charge on any atom is -0.247 e. The normalized spacial score (nSPS) is 13.1. The smallest absolute Gasteiger partial charge is 0.160 e. The van der Waals surface area contributed by atoms with Crippen LogP contribution in [0, 0.1) is 0 Å². The minimum atomic E-state index is -0.408. The van der Waals surface area contributed by atoms with Gasteiger partial charge in [-0.05, 0) is 56.6 Å². The molecule has 264 valence electrons. The van der Waals surface area contributed by atoms with Crippen LogP contribution in [0.1, 0.15) is 22.3 Å². The molecule has 0 radical (unpaired) electrons. The molecule has 1 spiro atoms. The summed E-state index contributed by atoms with van der Waals surface area (Å²) < 4.78 is 0. The van der Waals surface area contributed by atoms with Crippen LogP contribution in [-0.4, -0.2) is 15.0 Å². The molecule has 0 unspecified atom stereocenters. The molecule has 0 aliphatic heterocycles. The summed E-state index contributed by atoms with van der Waals surface area (Å²) in [5, 5.41) is 3.56. The lowest BCUT2D eigenvalue weighted by Gasteiger charge is -2.30. The minimum absolute atomic E-state index is 0.408. The van der Waals surface area contributed by atoms with Crippen LogP contribution in [0.3, 0.4) is 0 Å². The molecule has 0 saturated heterocycles. The van der Waals surface area contributed by atoms with Gasteiger partial charge in [0.15, 0.2) is 5.82 Å². The van der Waals surface area contributed by atoms with Gasteiger partial charge in [0.05, 0.1) is 28.0 Å². The van der Waals surface area contributed by atoms with Gasteiger partial charge in [-0.3, -0.25) is 0 Å². The van der Waals surface area contributed by atoms with Crippen molar-refractivity contribution < 1.29 is 0 Å². The van der Waals surface area contributed by atoms with Crippen LogP contribution in [0.25, 0.3) is 89.1 Å². The van der Waals surface area contributed by atoms with Gasteiger partial charge in [0.2, 0.25) is 0 Å². The Labute approximate surface area is 330 Å². The van der Waals surface area contributed by atoms with E-state index in [2.05, 4.69) is 164 Å². The molecule has 2 aromatic heterocycles. The molecule has 0 atom stereocenters. The van der Waals surface area contributed by atoms with Gasteiger partial charge in [0, 0.05) is 38.4 Å². The molecule has 0 fully saturated rings. The first-order chi connectivity index (χ1) is 28.3. The predicted molar refractivity (Wildman–Crippen MR) is 233 cm³/mol. The van der Waals surface area contributed by atoms with Crippen molar-refractivity contribution in [2.45, 2.75) is 5.41 Å². The maximum Gasteiger partial charge on any atom is 0.160 e. The van der Waals surface area contributed by atoms with Crippen LogP contribution in [-0.2, 0) is 5.41 Å². The van der Waals surface area contributed by atoms with E-state index in [4.69, 9.17) is 15.0 Å². The zero-order valence-corrected chi connectivity index (χ0v) is 30.9. The molecule has 2 aliphatic carbocycles. The quantitative estimate of drug-likeness (QED) is 0.170. The Morgan fingerprint density at radius 2 is 0.842 bits per heavy atom. The van der Waals surface area contributed by atoms with Crippen molar-refractivity contribution >= 4 is 21.7 Å². The van der Waals surface area contributed by atoms with E-state index in [-0.39, 0.29) is 0 Å². The summed E-state index contributed by atoms with van der Waals surface area (Å²) in [4.78, 5) is 15.5. The fourth-order valence-electron chi connectivity index (χ4n) is 9.71. The van der Waals surface area contributed by atoms with Crippen LogP contribution in [0.15, 0.2) is 200 Å². The van der Waals surface area contributed by atoms with Gasteiger partial charge >= 0.3 is 0 Å². The highest BCUT2D eigenvalue weighted by Gasteiger charge is 2.52. The van der Waals surface area contributed by atoms with E-state index in [0.29, 0.717) is 5.82 Å². The zero-order chi connectivity index (χ0) is 37.5. The topological polar surface area (TPSA) is 38.7 Å². The molecule has 12 rings (SSSR count). The van der Waals surface area contributed by atoms with Gasteiger partial charge in [-0.15, -0.1) is 0 Å². The molecule has 2 heterocycles. The van der Waals surface area contributed by atoms with Gasteiger partial charge in [-0.2, -0.15) is 0 Å². The predicted octanol–water partition coefficient (Wildman–Crippen LogP) is 13.2. The molecule has 8 aromatic carbocycles. The van der Waals surface area contributed by atoms with Gasteiger partial charge in [0.25, 0.3) is 0 Å². The number of pyridine rings is 1. The fourth-order valence-corrected chi connectivity index (χ4v) is 9.71. The summed E-state index contributed by atoms with van der Waals surface area (Å²) in [5.74, 6) is 0.706. The molecular weight excluding hydrogens is 691 g/mol. The molecular formula is C54H33N3. The van der Waals surface area contributed by atoms with Crippen LogP contribution in [0.4, 0.5) is 0 Å². The maximum absolute atomic E-state index is 5.40. The number of aromatic nitrogens is 3. The number of para-hydroxylation sites is 1. The van der Waals surface area contributed by atoms with E-state index < -0.39 is 5.41 Å². The van der Waals surface area contributed by atoms with E-state index in [9.17, 15) is 0 Å². The Morgan fingerprint density at radius 3 is 1.51 bits per heavy atom. The maximum atomic E-state index is 5.40. The first-order valence-corrected chi connectivity index (χ1v) is 19.5. The Balaban J connectivity index is 1.07. The largest absolute Gasteiger partial charge is 0.247 e. The first kappa shape index (κ1) is 31.8. The zero-order valence-electron chi connectivity index (χ0n) is 30.9. The molecule has 3 nitrogen and oxygen atoms in total. The van der Waals surface area contributed by atoms with Crippen molar-refractivity contribution in [2.75, 3.05) is 0 Å². The monoisotopic (exact) mass is 723 g/mol. The summed E-state index contributed by atoms with van der Waals surface area (Å²) in [6.07, 6.45) is 0. The van der Waals surface area contributed by atoms with Crippen molar-refractivity contribution in [1.82, 2.24) is 15.0 Å². The Bertz CT molecular complexity index is 3120. The molecule has 10 aromatic rings. The van der Waals surface area contributed by atoms with Crippen LogP contribution >= 0.6 is 0 Å². The molecule has 57 heavy (non-hydrogen) atoms. The lowest BCUT2D eigenvalue weighted by molar-refractivity contribution is 0.794. The van der Waals surface area contributed by atoms with E-state index >= 15 is 0 Å². The highest BCUT2D eigenvalue weighted by molar-refractivity contribution is 6.20. The van der Waals surface area contributed by atoms with Crippen LogP contribution in [0.2, 0.25) is 0 Å². The second kappa shape index (κ2) is 12.3. The van der Waals surface area contributed by atoms with E-state index in [1.807, 2.05) is 36.4 Å². The SMILES string of the molecule is c1ccc(-c2cc(-c3ccc(-c4nc5ccccc5c5c6c(ccc45)C4(c5ccccc5-c5ccccc54)c4ccccc4-6)cc3)nc(-c3ccccc3)n2)cc1. The number of hydrogen-bond donors (Lipinski definition) is 0. The molecule has 0 bridgehead atoms. The van der Waals surface area contributed by atoms with Crippen molar-refractivity contribution in [3.63, 3.8) is 0 Å².